The molecule has 1 aliphatic heterocycles. The predicted molar refractivity (Wildman–Crippen MR) is 51.1 cm³/mol. The molecule has 1 fully saturated rings. The summed E-state index contributed by atoms with van der Waals surface area (Å²) in [5.41, 5.74) is -1.20. The summed E-state index contributed by atoms with van der Waals surface area (Å²) in [7, 11) is 0. The van der Waals surface area contributed by atoms with Gasteiger partial charge >= 0.3 is 5.97 Å². The molecule has 0 saturated carbocycles. The predicted octanol–water partition coefficient (Wildman–Crippen LogP) is -0.802. The van der Waals surface area contributed by atoms with Crippen molar-refractivity contribution in [2.75, 3.05) is 13.1 Å². The number of carbonyl (C=O) groups excluding carboxylic acids is 2. The second kappa shape index (κ2) is 4.29. The van der Waals surface area contributed by atoms with E-state index in [-0.39, 0.29) is 18.7 Å². The highest BCUT2D eigenvalue weighted by Gasteiger charge is 2.42. The minimum Gasteiger partial charge on any atom is -0.480 e. The van der Waals surface area contributed by atoms with Crippen LogP contribution >= 0.6 is 0 Å². The normalized spacial score (nSPS) is 19.4. The van der Waals surface area contributed by atoms with Gasteiger partial charge in [0.15, 0.2) is 0 Å². The van der Waals surface area contributed by atoms with Crippen LogP contribution < -0.4 is 5.32 Å². The number of nitrogens with one attached hydrogen (secondary N) is 1. The van der Waals surface area contributed by atoms with Crippen molar-refractivity contribution in [1.29, 1.82) is 0 Å². The summed E-state index contributed by atoms with van der Waals surface area (Å²) < 4.78 is 0. The number of likely N-dealkylation sites (tertiary alicyclic amines) is 1. The summed E-state index contributed by atoms with van der Waals surface area (Å²) in [5.74, 6) is -1.40. The zero-order valence-corrected chi connectivity index (χ0v) is 8.52. The van der Waals surface area contributed by atoms with Gasteiger partial charge in [0.25, 0.3) is 0 Å². The number of hydrogen-bond acceptors (Lipinski definition) is 3. The van der Waals surface area contributed by atoms with E-state index >= 15 is 0 Å². The van der Waals surface area contributed by atoms with Crippen LogP contribution in [0.3, 0.4) is 0 Å². The third-order valence-corrected chi connectivity index (χ3v) is 2.63. The number of piperidine rings is 1. The Hall–Kier alpha value is -1.59. The largest absolute Gasteiger partial charge is 0.480 e. The Morgan fingerprint density at radius 1 is 1.40 bits per heavy atom. The summed E-state index contributed by atoms with van der Waals surface area (Å²) in [5, 5.41) is 11.5. The second-order valence-corrected chi connectivity index (χ2v) is 3.71. The summed E-state index contributed by atoms with van der Waals surface area (Å²) in [6.07, 6.45) is 1.20. The quantitative estimate of drug-likeness (QED) is 0.602. The highest BCUT2D eigenvalue weighted by atomic mass is 16.4. The summed E-state index contributed by atoms with van der Waals surface area (Å²) in [6, 6.07) is 0. The molecule has 1 saturated heterocycles. The summed E-state index contributed by atoms with van der Waals surface area (Å²) in [4.78, 5) is 34.0. The lowest BCUT2D eigenvalue weighted by Crippen LogP contribution is -2.59. The van der Waals surface area contributed by atoms with E-state index in [1.165, 1.54) is 11.8 Å². The fraction of sp³-hybridized carbons (Fsp3) is 0.667. The molecule has 0 aromatic carbocycles. The molecule has 1 heterocycles. The molecule has 0 spiro atoms. The number of nitrogens with zero attached hydrogens (tertiary/aromatic N) is 1. The van der Waals surface area contributed by atoms with E-state index in [4.69, 9.17) is 5.11 Å². The van der Waals surface area contributed by atoms with Gasteiger partial charge in [0.05, 0.1) is 0 Å². The monoisotopic (exact) mass is 214 g/mol. The Bertz CT molecular complexity index is 282. The topological polar surface area (TPSA) is 86.7 Å². The molecule has 0 unspecified atom stereocenters. The van der Waals surface area contributed by atoms with E-state index < -0.39 is 11.5 Å². The third kappa shape index (κ3) is 2.45. The maximum Gasteiger partial charge on any atom is 0.329 e. The minimum atomic E-state index is -1.20. The molecule has 84 valence electrons. The van der Waals surface area contributed by atoms with Gasteiger partial charge < -0.3 is 15.3 Å². The molecular formula is C9H14N2O4. The molecule has 6 nitrogen and oxygen atoms in total. The number of amides is 2. The van der Waals surface area contributed by atoms with Crippen LogP contribution in [0.15, 0.2) is 0 Å². The van der Waals surface area contributed by atoms with Gasteiger partial charge in [0, 0.05) is 20.0 Å². The number of rotatable bonds is 3. The van der Waals surface area contributed by atoms with Crippen LogP contribution in [-0.4, -0.2) is 46.9 Å². The Kier molecular flexibility index (Phi) is 3.28. The fourth-order valence-electron chi connectivity index (χ4n) is 1.74. The summed E-state index contributed by atoms with van der Waals surface area (Å²) in [6.45, 7) is 2.00. The van der Waals surface area contributed by atoms with Gasteiger partial charge in [0.1, 0.15) is 5.54 Å². The number of carboxylic acids is 1. The molecule has 2 N–H and O–H groups in total. The molecular weight excluding hydrogens is 200 g/mol. The molecule has 0 aromatic heterocycles. The molecule has 0 aliphatic carbocycles. The zero-order chi connectivity index (χ0) is 11.5. The second-order valence-electron chi connectivity index (χ2n) is 3.71. The van der Waals surface area contributed by atoms with Gasteiger partial charge in [-0.15, -0.1) is 0 Å². The van der Waals surface area contributed by atoms with Gasteiger partial charge in [-0.25, -0.2) is 4.79 Å². The van der Waals surface area contributed by atoms with E-state index in [2.05, 4.69) is 5.32 Å². The first-order valence-corrected chi connectivity index (χ1v) is 4.72. The van der Waals surface area contributed by atoms with Gasteiger partial charge in [-0.2, -0.15) is 0 Å². The van der Waals surface area contributed by atoms with Gasteiger partial charge in [0.2, 0.25) is 12.3 Å². The first kappa shape index (κ1) is 11.5. The Balaban J connectivity index is 2.73. The van der Waals surface area contributed by atoms with Crippen molar-refractivity contribution in [3.63, 3.8) is 0 Å². The summed E-state index contributed by atoms with van der Waals surface area (Å²) >= 11 is 0. The van der Waals surface area contributed by atoms with Crippen LogP contribution in [0.2, 0.25) is 0 Å². The van der Waals surface area contributed by atoms with E-state index in [1.807, 2.05) is 0 Å². The zero-order valence-electron chi connectivity index (χ0n) is 8.52. The van der Waals surface area contributed by atoms with Crippen LogP contribution in [-0.2, 0) is 14.4 Å². The number of aliphatic carboxylic acids is 1. The van der Waals surface area contributed by atoms with Crippen molar-refractivity contribution in [2.45, 2.75) is 25.3 Å². The smallest absolute Gasteiger partial charge is 0.329 e. The number of hydrogen-bond donors (Lipinski definition) is 2. The average molecular weight is 214 g/mol. The standard InChI is InChI=1S/C9H14N2O4/c1-7(13)10-9(8(14)15)2-4-11(6-12)5-3-9/h6H,2-5H2,1H3,(H,10,13)(H,14,15). The minimum absolute atomic E-state index is 0.251. The van der Waals surface area contributed by atoms with E-state index in [0.717, 1.165) is 0 Å². The van der Waals surface area contributed by atoms with Gasteiger partial charge in [-0.3, -0.25) is 9.59 Å². The SMILES string of the molecule is CC(=O)NC1(C(=O)O)CCN(C=O)CC1. The molecule has 2 amide bonds. The average Bonchev–Trinajstić information content (AvgIpc) is 2.17. The highest BCUT2D eigenvalue weighted by molar-refractivity contribution is 5.86. The molecule has 0 radical (unpaired) electrons. The van der Waals surface area contributed by atoms with Crippen LogP contribution in [0.1, 0.15) is 19.8 Å². The lowest BCUT2D eigenvalue weighted by Gasteiger charge is -2.37. The van der Waals surface area contributed by atoms with Crippen LogP contribution in [0.5, 0.6) is 0 Å². The van der Waals surface area contributed by atoms with Crippen molar-refractivity contribution in [3.8, 4) is 0 Å². The maximum atomic E-state index is 11.1. The van der Waals surface area contributed by atoms with Crippen molar-refractivity contribution < 1.29 is 19.5 Å². The van der Waals surface area contributed by atoms with Crippen molar-refractivity contribution in [1.82, 2.24) is 10.2 Å². The third-order valence-electron chi connectivity index (χ3n) is 2.63. The van der Waals surface area contributed by atoms with Gasteiger partial charge in [-0.1, -0.05) is 0 Å². The first-order valence-electron chi connectivity index (χ1n) is 4.72. The molecule has 0 bridgehead atoms. The Morgan fingerprint density at radius 2 is 1.93 bits per heavy atom. The molecule has 1 rings (SSSR count). The molecule has 0 atom stereocenters. The molecule has 0 aromatic rings. The van der Waals surface area contributed by atoms with Crippen molar-refractivity contribution >= 4 is 18.3 Å². The molecule has 15 heavy (non-hydrogen) atoms. The lowest BCUT2D eigenvalue weighted by atomic mass is 9.87. The number of carboxylic acid groups (broad SMARTS) is 1. The Morgan fingerprint density at radius 3 is 2.27 bits per heavy atom. The van der Waals surface area contributed by atoms with Crippen molar-refractivity contribution in [3.05, 3.63) is 0 Å². The van der Waals surface area contributed by atoms with E-state index in [0.29, 0.717) is 19.5 Å². The van der Waals surface area contributed by atoms with Crippen LogP contribution in [0.4, 0.5) is 0 Å². The fourth-order valence-corrected chi connectivity index (χ4v) is 1.74. The van der Waals surface area contributed by atoms with Crippen LogP contribution in [0, 0.1) is 0 Å². The van der Waals surface area contributed by atoms with E-state index in [9.17, 15) is 14.4 Å². The highest BCUT2D eigenvalue weighted by Crippen LogP contribution is 2.21. The van der Waals surface area contributed by atoms with E-state index in [1.54, 1.807) is 0 Å². The first-order chi connectivity index (χ1) is 7.00. The lowest BCUT2D eigenvalue weighted by molar-refractivity contribution is -0.150. The number of carbonyl (C=O) groups is 3. The Labute approximate surface area is 87.2 Å². The maximum absolute atomic E-state index is 11.1. The van der Waals surface area contributed by atoms with Crippen molar-refractivity contribution in [2.24, 2.45) is 0 Å². The molecule has 6 heteroatoms. The van der Waals surface area contributed by atoms with Crippen LogP contribution in [0.25, 0.3) is 0 Å². The molecule has 1 aliphatic rings. The van der Waals surface area contributed by atoms with Gasteiger partial charge in [-0.05, 0) is 12.8 Å².